The number of benzene rings is 1. The molecule has 0 saturated carbocycles. The summed E-state index contributed by atoms with van der Waals surface area (Å²) in [5.41, 5.74) is 0.379. The van der Waals surface area contributed by atoms with Crippen LogP contribution < -0.4 is 10.6 Å². The number of nitrogens with zero attached hydrogens (tertiary/aromatic N) is 2. The van der Waals surface area contributed by atoms with Gasteiger partial charge in [-0.1, -0.05) is 56.4 Å². The first-order chi connectivity index (χ1) is 18.9. The third-order valence-corrected chi connectivity index (χ3v) is 8.30. The minimum Gasteiger partial charge on any atom is -0.374 e. The molecule has 39 heavy (non-hydrogen) atoms. The number of nitriles is 1. The number of carbonyl (C=O) groups excluding carboxylic acids is 2. The van der Waals surface area contributed by atoms with E-state index in [1.165, 1.54) is 11.8 Å². The molecule has 1 aromatic carbocycles. The topological polar surface area (TPSA) is 112 Å². The summed E-state index contributed by atoms with van der Waals surface area (Å²) in [7, 11) is -1.50. The number of allylic oxidation sites excluding steroid dienone is 4. The lowest BCUT2D eigenvalue weighted by atomic mass is 10.0. The molecule has 1 saturated heterocycles. The van der Waals surface area contributed by atoms with Gasteiger partial charge in [-0.3, -0.25) is 9.59 Å². The SMILES string of the molecule is C#C.CC(C)C[C@H](NC(=O)/C1=C/C/C=C\C=C/CS1)C(=O)NCC1CN(S(=O)c2ccccc2C#N)CCO1. The Hall–Kier alpha value is -3.15. The number of ether oxygens (including phenoxy) is 1. The van der Waals surface area contributed by atoms with Crippen molar-refractivity contribution in [2.75, 3.05) is 32.0 Å². The quantitative estimate of drug-likeness (QED) is 0.442. The number of thioether (sulfide) groups is 1. The molecule has 2 aliphatic rings. The first-order valence-electron chi connectivity index (χ1n) is 12.7. The molecule has 0 aliphatic carbocycles. The van der Waals surface area contributed by atoms with E-state index >= 15 is 0 Å². The predicted octanol–water partition coefficient (Wildman–Crippen LogP) is 3.31. The van der Waals surface area contributed by atoms with E-state index in [0.29, 0.717) is 53.7 Å². The number of hydrogen-bond donors (Lipinski definition) is 2. The van der Waals surface area contributed by atoms with Gasteiger partial charge in [0.25, 0.3) is 5.91 Å². The smallest absolute Gasteiger partial charge is 0.258 e. The van der Waals surface area contributed by atoms with Crippen LogP contribution in [0.1, 0.15) is 32.3 Å². The van der Waals surface area contributed by atoms with Crippen LogP contribution in [0.4, 0.5) is 0 Å². The molecule has 3 atom stereocenters. The van der Waals surface area contributed by atoms with Gasteiger partial charge >= 0.3 is 0 Å². The van der Waals surface area contributed by atoms with E-state index in [9.17, 15) is 19.1 Å². The average molecular weight is 569 g/mol. The van der Waals surface area contributed by atoms with Crippen molar-refractivity contribution in [2.24, 2.45) is 5.92 Å². The van der Waals surface area contributed by atoms with Crippen LogP contribution in [-0.2, 0) is 25.3 Å². The molecule has 3 rings (SSSR count). The fourth-order valence-corrected chi connectivity index (χ4v) is 6.02. The normalized spacial score (nSPS) is 22.1. The molecule has 8 nitrogen and oxygen atoms in total. The molecule has 2 N–H and O–H groups in total. The largest absolute Gasteiger partial charge is 0.374 e. The van der Waals surface area contributed by atoms with Crippen molar-refractivity contribution in [3.05, 3.63) is 65.1 Å². The number of hydrogen-bond acceptors (Lipinski definition) is 6. The highest BCUT2D eigenvalue weighted by Gasteiger charge is 2.28. The van der Waals surface area contributed by atoms with Gasteiger partial charge in [0, 0.05) is 25.4 Å². The number of carbonyl (C=O) groups is 2. The number of nitrogens with one attached hydrogen (secondary N) is 2. The zero-order valence-corrected chi connectivity index (χ0v) is 24.0. The van der Waals surface area contributed by atoms with Crippen molar-refractivity contribution in [1.29, 1.82) is 5.26 Å². The van der Waals surface area contributed by atoms with Gasteiger partial charge in [-0.2, -0.15) is 5.26 Å². The van der Waals surface area contributed by atoms with Gasteiger partial charge in [-0.25, -0.2) is 8.51 Å². The molecular weight excluding hydrogens is 532 g/mol. The van der Waals surface area contributed by atoms with Gasteiger partial charge in [0.15, 0.2) is 0 Å². The number of rotatable bonds is 9. The van der Waals surface area contributed by atoms with Crippen LogP contribution in [0.25, 0.3) is 0 Å². The van der Waals surface area contributed by atoms with Crippen molar-refractivity contribution in [3.63, 3.8) is 0 Å². The summed E-state index contributed by atoms with van der Waals surface area (Å²) in [5.74, 6) is 0.363. The molecule has 0 aromatic heterocycles. The van der Waals surface area contributed by atoms with Crippen LogP contribution in [0.2, 0.25) is 0 Å². The van der Waals surface area contributed by atoms with Crippen LogP contribution in [0, 0.1) is 30.1 Å². The van der Waals surface area contributed by atoms with E-state index in [1.54, 1.807) is 28.6 Å². The van der Waals surface area contributed by atoms with E-state index in [-0.39, 0.29) is 30.4 Å². The molecule has 2 amide bonds. The molecule has 208 valence electrons. The lowest BCUT2D eigenvalue weighted by molar-refractivity contribution is -0.128. The van der Waals surface area contributed by atoms with Crippen molar-refractivity contribution in [3.8, 4) is 18.9 Å². The van der Waals surface area contributed by atoms with Crippen molar-refractivity contribution >= 4 is 34.6 Å². The molecule has 10 heteroatoms. The van der Waals surface area contributed by atoms with E-state index in [0.717, 1.165) is 0 Å². The fraction of sp³-hybridized carbons (Fsp3) is 0.414. The van der Waals surface area contributed by atoms with Crippen LogP contribution in [0.3, 0.4) is 0 Å². The zero-order chi connectivity index (χ0) is 28.6. The van der Waals surface area contributed by atoms with E-state index in [1.807, 2.05) is 44.2 Å². The van der Waals surface area contributed by atoms with E-state index in [4.69, 9.17) is 4.74 Å². The molecule has 1 fully saturated rings. The first kappa shape index (κ1) is 32.1. The second kappa shape index (κ2) is 17.4. The highest BCUT2D eigenvalue weighted by Crippen LogP contribution is 2.20. The Labute approximate surface area is 238 Å². The second-order valence-corrected chi connectivity index (χ2v) is 11.6. The average Bonchev–Trinajstić information content (AvgIpc) is 3.10. The highest BCUT2D eigenvalue weighted by atomic mass is 32.2. The van der Waals surface area contributed by atoms with Gasteiger partial charge < -0.3 is 15.4 Å². The van der Waals surface area contributed by atoms with Gasteiger partial charge in [0.1, 0.15) is 23.1 Å². The summed E-state index contributed by atoms with van der Waals surface area (Å²) in [6, 6.07) is 8.25. The Morgan fingerprint density at radius 2 is 2.00 bits per heavy atom. The summed E-state index contributed by atoms with van der Waals surface area (Å²) >= 11 is 1.45. The van der Waals surface area contributed by atoms with Gasteiger partial charge in [-0.15, -0.1) is 24.6 Å². The maximum Gasteiger partial charge on any atom is 0.258 e. The molecule has 1 aromatic rings. The Balaban J connectivity index is 0.00000260. The Bertz CT molecular complexity index is 1150. The fourth-order valence-electron chi connectivity index (χ4n) is 3.91. The molecule has 2 aliphatic heterocycles. The summed E-state index contributed by atoms with van der Waals surface area (Å²) in [4.78, 5) is 27.1. The van der Waals surface area contributed by atoms with Crippen molar-refractivity contribution in [2.45, 2.75) is 43.7 Å². The van der Waals surface area contributed by atoms with Crippen LogP contribution in [0.5, 0.6) is 0 Å². The molecule has 2 unspecified atom stereocenters. The van der Waals surface area contributed by atoms with Gasteiger partial charge in [-0.05, 0) is 30.9 Å². The lowest BCUT2D eigenvalue weighted by Gasteiger charge is -2.32. The van der Waals surface area contributed by atoms with Gasteiger partial charge in [0.2, 0.25) is 5.91 Å². The molecule has 0 spiro atoms. The predicted molar refractivity (Wildman–Crippen MR) is 157 cm³/mol. The Kier molecular flexibility index (Phi) is 14.3. The third kappa shape index (κ3) is 10.5. The first-order valence-corrected chi connectivity index (χ1v) is 14.8. The maximum absolute atomic E-state index is 13.1. The number of terminal acetylenes is 1. The van der Waals surface area contributed by atoms with Crippen LogP contribution in [-0.4, -0.2) is 64.5 Å². The van der Waals surface area contributed by atoms with E-state index in [2.05, 4.69) is 29.5 Å². The van der Waals surface area contributed by atoms with Gasteiger partial charge in [0.05, 0.1) is 28.1 Å². The number of amides is 2. The Morgan fingerprint density at radius 3 is 2.74 bits per heavy atom. The maximum atomic E-state index is 13.1. The molecule has 2 heterocycles. The zero-order valence-electron chi connectivity index (χ0n) is 22.4. The van der Waals surface area contributed by atoms with E-state index < -0.39 is 17.0 Å². The standard InChI is InChI=1S/C27H34N4O4S2.C2H2/c1-20(2)16-23(30-27(33)24-11-6-4-3-5-9-15-36-24)26(32)29-18-22-19-31(13-14-35-22)37(34)25-12-8-7-10-21(25)17-28;1-2/h3-5,7-12,20,22-23H,6,13-16,18-19H2,1-2H3,(H,29,32)(H,30,33);1-2H/b4-3-,9-5-,24-11-;/t22?,23-,37?;/m0./s1. The summed E-state index contributed by atoms with van der Waals surface area (Å²) in [5, 5.41) is 15.2. The number of morpholine rings is 1. The highest BCUT2D eigenvalue weighted by molar-refractivity contribution is 8.04. The Morgan fingerprint density at radius 1 is 1.26 bits per heavy atom. The molecule has 0 bridgehead atoms. The minimum absolute atomic E-state index is 0.202. The van der Waals surface area contributed by atoms with Crippen molar-refractivity contribution < 1.29 is 18.5 Å². The van der Waals surface area contributed by atoms with Crippen molar-refractivity contribution in [1.82, 2.24) is 14.9 Å². The molecule has 0 radical (unpaired) electrons. The van der Waals surface area contributed by atoms with Crippen LogP contribution in [0.15, 0.2) is 64.4 Å². The monoisotopic (exact) mass is 568 g/mol. The summed E-state index contributed by atoms with van der Waals surface area (Å²) in [6.45, 7) is 5.41. The summed E-state index contributed by atoms with van der Waals surface area (Å²) in [6.07, 6.45) is 18.6. The second-order valence-electron chi connectivity index (χ2n) is 9.11. The summed E-state index contributed by atoms with van der Waals surface area (Å²) < 4.78 is 20.7. The van der Waals surface area contributed by atoms with Crippen LogP contribution >= 0.6 is 11.8 Å². The minimum atomic E-state index is -1.50. The lowest BCUT2D eigenvalue weighted by Crippen LogP contribution is -2.52. The molecular formula is C29H36N4O4S2. The third-order valence-electron chi connectivity index (χ3n) is 5.75.